The van der Waals surface area contributed by atoms with E-state index in [0.717, 1.165) is 0 Å². The van der Waals surface area contributed by atoms with Crippen LogP contribution in [0.15, 0.2) is 60.8 Å². The van der Waals surface area contributed by atoms with Crippen molar-refractivity contribution in [2.24, 2.45) is 0 Å². The van der Waals surface area contributed by atoms with Gasteiger partial charge in [0.05, 0.1) is 41.8 Å². The highest BCUT2D eigenvalue weighted by Crippen LogP contribution is 2.40. The zero-order valence-electron chi connectivity index (χ0n) is 16.2. The van der Waals surface area contributed by atoms with Crippen molar-refractivity contribution in [1.29, 1.82) is 0 Å². The van der Waals surface area contributed by atoms with Gasteiger partial charge in [-0.25, -0.2) is 0 Å². The van der Waals surface area contributed by atoms with Gasteiger partial charge in [-0.2, -0.15) is 0 Å². The minimum atomic E-state index is -0.697. The Bertz CT molecular complexity index is 1130. The molecule has 9 heteroatoms. The third-order valence-electron chi connectivity index (χ3n) is 4.82. The van der Waals surface area contributed by atoms with Gasteiger partial charge in [-0.05, 0) is 30.3 Å². The number of amides is 1. The molecule has 1 atom stereocenters. The number of rotatable bonds is 6. The molecule has 0 saturated carbocycles. The van der Waals surface area contributed by atoms with Crippen LogP contribution in [0, 0.1) is 10.1 Å². The first-order chi connectivity index (χ1) is 14.5. The van der Waals surface area contributed by atoms with Gasteiger partial charge in [0.1, 0.15) is 11.5 Å². The van der Waals surface area contributed by atoms with Crippen LogP contribution in [0.1, 0.15) is 22.2 Å². The number of methoxy groups -OCH3 is 2. The number of fused-ring (bicyclic) bond motifs is 1. The molecule has 1 amide bonds. The largest absolute Gasteiger partial charge is 0.497 e. The number of ether oxygens (including phenoxy) is 2. The fraction of sp³-hybridized carbons (Fsp3) is 0.143. The summed E-state index contributed by atoms with van der Waals surface area (Å²) < 4.78 is 10.6. The predicted molar refractivity (Wildman–Crippen MR) is 110 cm³/mol. The number of nitrogens with one attached hydrogen (secondary N) is 1. The molecule has 2 aromatic carbocycles. The molecule has 0 spiro atoms. The van der Waals surface area contributed by atoms with E-state index in [4.69, 9.17) is 9.47 Å². The lowest BCUT2D eigenvalue weighted by molar-refractivity contribution is -0.384. The number of nitro groups is 1. The molecular weight excluding hydrogens is 388 g/mol. The summed E-state index contributed by atoms with van der Waals surface area (Å²) in [5.41, 5.74) is 1.83. The van der Waals surface area contributed by atoms with Crippen molar-refractivity contribution in [3.05, 3.63) is 82.2 Å². The molecule has 152 valence electrons. The van der Waals surface area contributed by atoms with Crippen LogP contribution in [0.3, 0.4) is 0 Å². The number of benzene rings is 2. The van der Waals surface area contributed by atoms with Crippen LogP contribution in [0.4, 0.5) is 17.1 Å². The zero-order valence-corrected chi connectivity index (χ0v) is 16.2. The number of nitrogens with zero attached hydrogens (tertiary/aromatic N) is 3. The number of carbonyl (C=O) groups excluding carboxylic acids is 1. The number of pyridine rings is 1. The SMILES string of the molecule is COc1cccc(N2C(=O)c3cccnc3[C@H]2Nc2cc([N+](=O)[O-])ccc2OC)c1. The maximum Gasteiger partial charge on any atom is 0.271 e. The van der Waals surface area contributed by atoms with Crippen molar-refractivity contribution in [2.45, 2.75) is 6.17 Å². The van der Waals surface area contributed by atoms with Crippen LogP contribution in [-0.4, -0.2) is 30.0 Å². The molecule has 1 aliphatic heterocycles. The van der Waals surface area contributed by atoms with Crippen molar-refractivity contribution in [3.63, 3.8) is 0 Å². The van der Waals surface area contributed by atoms with E-state index in [-0.39, 0.29) is 11.6 Å². The lowest BCUT2D eigenvalue weighted by Gasteiger charge is -2.27. The maximum atomic E-state index is 13.2. The molecule has 1 N–H and O–H groups in total. The van der Waals surface area contributed by atoms with E-state index in [2.05, 4.69) is 10.3 Å². The van der Waals surface area contributed by atoms with E-state index in [1.807, 2.05) is 0 Å². The van der Waals surface area contributed by atoms with Crippen LogP contribution in [-0.2, 0) is 0 Å². The van der Waals surface area contributed by atoms with E-state index >= 15 is 0 Å². The van der Waals surface area contributed by atoms with E-state index < -0.39 is 11.1 Å². The van der Waals surface area contributed by atoms with Gasteiger partial charge in [-0.15, -0.1) is 0 Å². The summed E-state index contributed by atoms with van der Waals surface area (Å²) in [6, 6.07) is 14.7. The average molecular weight is 406 g/mol. The Labute approximate surface area is 172 Å². The summed E-state index contributed by atoms with van der Waals surface area (Å²) in [5.74, 6) is 0.757. The molecule has 0 bridgehead atoms. The lowest BCUT2D eigenvalue weighted by Crippen LogP contribution is -2.32. The van der Waals surface area contributed by atoms with Gasteiger partial charge < -0.3 is 14.8 Å². The first-order valence-electron chi connectivity index (χ1n) is 9.05. The van der Waals surface area contributed by atoms with Crippen molar-refractivity contribution in [2.75, 3.05) is 24.4 Å². The predicted octanol–water partition coefficient (Wildman–Crippen LogP) is 3.78. The van der Waals surface area contributed by atoms with Crippen LogP contribution < -0.4 is 19.7 Å². The average Bonchev–Trinajstić information content (AvgIpc) is 3.05. The Morgan fingerprint density at radius 2 is 1.93 bits per heavy atom. The lowest BCUT2D eigenvalue weighted by atomic mass is 10.2. The normalized spacial score (nSPS) is 14.9. The van der Waals surface area contributed by atoms with Crippen molar-refractivity contribution < 1.29 is 19.2 Å². The number of hydrogen-bond acceptors (Lipinski definition) is 7. The Morgan fingerprint density at radius 3 is 2.67 bits per heavy atom. The molecule has 2 heterocycles. The fourth-order valence-corrected chi connectivity index (χ4v) is 3.41. The molecule has 4 rings (SSSR count). The van der Waals surface area contributed by atoms with Gasteiger partial charge in [-0.3, -0.25) is 24.8 Å². The molecule has 0 fully saturated rings. The van der Waals surface area contributed by atoms with Gasteiger partial charge in [0.25, 0.3) is 11.6 Å². The number of anilines is 2. The number of nitro benzene ring substituents is 1. The number of carbonyl (C=O) groups is 1. The minimum absolute atomic E-state index is 0.100. The number of aromatic nitrogens is 1. The van der Waals surface area contributed by atoms with E-state index in [1.54, 1.807) is 54.6 Å². The number of non-ortho nitro benzene ring substituents is 1. The van der Waals surface area contributed by atoms with Gasteiger partial charge in [0.2, 0.25) is 0 Å². The van der Waals surface area contributed by atoms with Gasteiger partial charge in [0.15, 0.2) is 6.17 Å². The highest BCUT2D eigenvalue weighted by atomic mass is 16.6. The van der Waals surface area contributed by atoms with Gasteiger partial charge in [0, 0.05) is 24.4 Å². The molecule has 3 aromatic rings. The maximum absolute atomic E-state index is 13.2. The summed E-state index contributed by atoms with van der Waals surface area (Å²) in [6.07, 6.45) is 0.900. The summed E-state index contributed by atoms with van der Waals surface area (Å²) >= 11 is 0. The molecule has 0 unspecified atom stereocenters. The molecule has 0 saturated heterocycles. The second-order valence-corrected chi connectivity index (χ2v) is 6.50. The van der Waals surface area contributed by atoms with Crippen LogP contribution in [0.5, 0.6) is 11.5 Å². The highest BCUT2D eigenvalue weighted by Gasteiger charge is 2.39. The van der Waals surface area contributed by atoms with Gasteiger partial charge >= 0.3 is 0 Å². The Hall–Kier alpha value is -4.14. The Kier molecular flexibility index (Phi) is 4.93. The highest BCUT2D eigenvalue weighted by molar-refractivity contribution is 6.11. The third-order valence-corrected chi connectivity index (χ3v) is 4.82. The molecule has 9 nitrogen and oxygen atoms in total. The summed E-state index contributed by atoms with van der Waals surface area (Å²) in [5, 5.41) is 14.4. The molecule has 1 aliphatic rings. The van der Waals surface area contributed by atoms with Crippen LogP contribution in [0.25, 0.3) is 0 Å². The Morgan fingerprint density at radius 1 is 1.10 bits per heavy atom. The van der Waals surface area contributed by atoms with Crippen LogP contribution >= 0.6 is 0 Å². The number of hydrogen-bond donors (Lipinski definition) is 1. The van der Waals surface area contributed by atoms with E-state index in [0.29, 0.717) is 34.1 Å². The summed E-state index contributed by atoms with van der Waals surface area (Å²) in [6.45, 7) is 0. The molecule has 0 aliphatic carbocycles. The fourth-order valence-electron chi connectivity index (χ4n) is 3.41. The minimum Gasteiger partial charge on any atom is -0.497 e. The van der Waals surface area contributed by atoms with Crippen molar-refractivity contribution in [3.8, 4) is 11.5 Å². The topological polar surface area (TPSA) is 107 Å². The molecule has 30 heavy (non-hydrogen) atoms. The first-order valence-corrected chi connectivity index (χ1v) is 9.05. The van der Waals surface area contributed by atoms with E-state index in [9.17, 15) is 14.9 Å². The van der Waals surface area contributed by atoms with E-state index in [1.165, 1.54) is 25.3 Å². The van der Waals surface area contributed by atoms with Crippen LogP contribution in [0.2, 0.25) is 0 Å². The second-order valence-electron chi connectivity index (χ2n) is 6.50. The molecule has 1 aromatic heterocycles. The van der Waals surface area contributed by atoms with Gasteiger partial charge in [-0.1, -0.05) is 6.07 Å². The zero-order chi connectivity index (χ0) is 21.3. The second kappa shape index (κ2) is 7.70. The van der Waals surface area contributed by atoms with Crippen molar-refractivity contribution in [1.82, 2.24) is 4.98 Å². The third kappa shape index (κ3) is 3.26. The standard InChI is InChI=1S/C21H18N4O5/c1-29-15-6-3-5-13(11-15)24-20(19-16(21(24)26)7-4-10-22-19)23-17-12-14(25(27)28)8-9-18(17)30-2/h3-12,20,23H,1-2H3/t20-/m0/s1. The quantitative estimate of drug-likeness (QED) is 0.490. The summed E-state index contributed by atoms with van der Waals surface area (Å²) in [4.78, 5) is 29.9. The monoisotopic (exact) mass is 406 g/mol. The molecule has 0 radical (unpaired) electrons. The Balaban J connectivity index is 1.82. The first kappa shape index (κ1) is 19.2. The smallest absolute Gasteiger partial charge is 0.271 e. The summed E-state index contributed by atoms with van der Waals surface area (Å²) in [7, 11) is 3.02. The van der Waals surface area contributed by atoms with Crippen molar-refractivity contribution >= 4 is 23.0 Å². The molecular formula is C21H18N4O5.